The summed E-state index contributed by atoms with van der Waals surface area (Å²) >= 11 is 5.48. The number of allylic oxidation sites excluding steroid dienone is 3. The molecule has 0 spiro atoms. The Hall–Kier alpha value is -0.760. The zero-order valence-electron chi connectivity index (χ0n) is 5.10. The first-order chi connectivity index (χ1) is 4.16. The molecule has 0 aromatic rings. The van der Waals surface area contributed by atoms with Gasteiger partial charge in [-0.2, -0.15) is 0 Å². The smallest absolute Gasteiger partial charge is 0.241 e. The van der Waals surface area contributed by atoms with Crippen LogP contribution in [-0.2, 0) is 4.79 Å². The quantitative estimate of drug-likeness (QED) is 0.460. The predicted octanol–water partition coefficient (Wildman–Crippen LogP) is 1.17. The van der Waals surface area contributed by atoms with Gasteiger partial charge in [0.05, 0.1) is 0 Å². The Morgan fingerprint density at radius 1 is 1.56 bits per heavy atom. The largest absolute Gasteiger partial charge is 0.366 e. The standard InChI is InChI=1S/C6H8ClNO/c1-2-5(7)3-4-6(8)9/h2-4H,1H3,(H2,8,9)/b4-3+,5-2-. The average molecular weight is 146 g/mol. The lowest BCUT2D eigenvalue weighted by Crippen LogP contribution is -2.05. The molecule has 0 aromatic carbocycles. The molecule has 0 aliphatic heterocycles. The van der Waals surface area contributed by atoms with Crippen molar-refractivity contribution in [2.45, 2.75) is 6.92 Å². The van der Waals surface area contributed by atoms with Gasteiger partial charge in [0, 0.05) is 11.1 Å². The SMILES string of the molecule is C/C=C(Cl)/C=C/C(N)=O. The summed E-state index contributed by atoms with van der Waals surface area (Å²) in [7, 11) is 0. The highest BCUT2D eigenvalue weighted by Gasteiger charge is 1.82. The molecule has 0 saturated carbocycles. The number of hydrogen-bond donors (Lipinski definition) is 1. The predicted molar refractivity (Wildman–Crippen MR) is 37.9 cm³/mol. The van der Waals surface area contributed by atoms with Crippen LogP contribution in [0.15, 0.2) is 23.3 Å². The van der Waals surface area contributed by atoms with Gasteiger partial charge in [-0.25, -0.2) is 0 Å². The number of amides is 1. The van der Waals surface area contributed by atoms with Crippen molar-refractivity contribution in [2.75, 3.05) is 0 Å². The minimum Gasteiger partial charge on any atom is -0.366 e. The van der Waals surface area contributed by atoms with Gasteiger partial charge < -0.3 is 5.73 Å². The lowest BCUT2D eigenvalue weighted by Gasteiger charge is -1.81. The van der Waals surface area contributed by atoms with Crippen molar-refractivity contribution in [3.8, 4) is 0 Å². The Labute approximate surface area is 59.0 Å². The summed E-state index contributed by atoms with van der Waals surface area (Å²) in [4.78, 5) is 10.1. The molecule has 0 unspecified atom stereocenters. The molecule has 0 aliphatic rings. The molecule has 0 heterocycles. The van der Waals surface area contributed by atoms with E-state index < -0.39 is 5.91 Å². The van der Waals surface area contributed by atoms with Crippen molar-refractivity contribution in [1.82, 2.24) is 0 Å². The van der Waals surface area contributed by atoms with Crippen LogP contribution in [0.5, 0.6) is 0 Å². The Morgan fingerprint density at radius 2 is 2.11 bits per heavy atom. The molecule has 2 N–H and O–H groups in total. The van der Waals surface area contributed by atoms with E-state index in [0.717, 1.165) is 0 Å². The van der Waals surface area contributed by atoms with Gasteiger partial charge in [0.25, 0.3) is 0 Å². The third kappa shape index (κ3) is 5.11. The van der Waals surface area contributed by atoms with Crippen LogP contribution in [0.3, 0.4) is 0 Å². The molecular formula is C6H8ClNO. The molecule has 0 aliphatic carbocycles. The lowest BCUT2D eigenvalue weighted by atomic mass is 10.4. The van der Waals surface area contributed by atoms with Crippen LogP contribution < -0.4 is 5.73 Å². The van der Waals surface area contributed by atoms with Gasteiger partial charge in [0.1, 0.15) is 0 Å². The molecule has 1 amide bonds. The van der Waals surface area contributed by atoms with Gasteiger partial charge in [-0.3, -0.25) is 4.79 Å². The van der Waals surface area contributed by atoms with Crippen molar-refractivity contribution in [3.63, 3.8) is 0 Å². The van der Waals surface area contributed by atoms with E-state index >= 15 is 0 Å². The number of rotatable bonds is 2. The Morgan fingerprint density at radius 3 is 2.44 bits per heavy atom. The molecule has 0 atom stereocenters. The zero-order valence-corrected chi connectivity index (χ0v) is 5.85. The van der Waals surface area contributed by atoms with E-state index in [0.29, 0.717) is 5.03 Å². The fourth-order valence-corrected chi connectivity index (χ4v) is 0.321. The minimum atomic E-state index is -0.491. The van der Waals surface area contributed by atoms with E-state index in [1.54, 1.807) is 13.0 Å². The number of carbonyl (C=O) groups is 1. The maximum absolute atomic E-state index is 10.1. The monoisotopic (exact) mass is 145 g/mol. The molecule has 9 heavy (non-hydrogen) atoms. The molecule has 0 saturated heterocycles. The minimum absolute atomic E-state index is 0.491. The van der Waals surface area contributed by atoms with E-state index in [1.165, 1.54) is 12.2 Å². The maximum atomic E-state index is 10.1. The van der Waals surface area contributed by atoms with Crippen molar-refractivity contribution in [1.29, 1.82) is 0 Å². The fraction of sp³-hybridized carbons (Fsp3) is 0.167. The van der Waals surface area contributed by atoms with Crippen LogP contribution in [0.25, 0.3) is 0 Å². The molecule has 0 aromatic heterocycles. The number of nitrogens with two attached hydrogens (primary N) is 1. The summed E-state index contributed by atoms with van der Waals surface area (Å²) in [6.07, 6.45) is 4.33. The third-order valence-corrected chi connectivity index (χ3v) is 1.03. The van der Waals surface area contributed by atoms with E-state index in [4.69, 9.17) is 17.3 Å². The summed E-state index contributed by atoms with van der Waals surface area (Å²) in [5.74, 6) is -0.491. The molecule has 2 nitrogen and oxygen atoms in total. The average Bonchev–Trinajstić information content (AvgIpc) is 1.83. The van der Waals surface area contributed by atoms with Crippen molar-refractivity contribution in [3.05, 3.63) is 23.3 Å². The highest BCUT2D eigenvalue weighted by Crippen LogP contribution is 2.00. The van der Waals surface area contributed by atoms with Gasteiger partial charge in [0.2, 0.25) is 5.91 Å². The number of carbonyl (C=O) groups excluding carboxylic acids is 1. The van der Waals surface area contributed by atoms with Crippen LogP contribution in [0.4, 0.5) is 0 Å². The molecule has 0 rings (SSSR count). The summed E-state index contributed by atoms with van der Waals surface area (Å²) in [6.45, 7) is 1.77. The first-order valence-corrected chi connectivity index (χ1v) is 2.84. The van der Waals surface area contributed by atoms with Gasteiger partial charge in [0.15, 0.2) is 0 Å². The van der Waals surface area contributed by atoms with E-state index in [2.05, 4.69) is 0 Å². The van der Waals surface area contributed by atoms with Crippen molar-refractivity contribution >= 4 is 17.5 Å². The lowest BCUT2D eigenvalue weighted by molar-refractivity contribution is -0.113. The van der Waals surface area contributed by atoms with E-state index in [1.807, 2.05) is 0 Å². The Bertz CT molecular complexity index is 160. The van der Waals surface area contributed by atoms with Gasteiger partial charge in [-0.05, 0) is 13.0 Å². The second-order valence-electron chi connectivity index (χ2n) is 1.41. The number of halogens is 1. The summed E-state index contributed by atoms with van der Waals surface area (Å²) in [5.41, 5.74) is 4.78. The zero-order chi connectivity index (χ0) is 7.28. The van der Waals surface area contributed by atoms with Crippen molar-refractivity contribution < 1.29 is 4.79 Å². The van der Waals surface area contributed by atoms with Crippen LogP contribution in [0.1, 0.15) is 6.92 Å². The topological polar surface area (TPSA) is 43.1 Å². The Balaban J connectivity index is 3.86. The highest BCUT2D eigenvalue weighted by molar-refractivity contribution is 6.31. The van der Waals surface area contributed by atoms with Crippen LogP contribution in [-0.4, -0.2) is 5.91 Å². The van der Waals surface area contributed by atoms with Crippen LogP contribution in [0, 0.1) is 0 Å². The van der Waals surface area contributed by atoms with E-state index in [-0.39, 0.29) is 0 Å². The Kier molecular flexibility index (Phi) is 3.80. The summed E-state index contributed by atoms with van der Waals surface area (Å²) in [5, 5.41) is 0.508. The first kappa shape index (κ1) is 8.24. The first-order valence-electron chi connectivity index (χ1n) is 2.46. The van der Waals surface area contributed by atoms with Gasteiger partial charge in [-0.15, -0.1) is 0 Å². The fourth-order valence-electron chi connectivity index (χ4n) is 0.258. The van der Waals surface area contributed by atoms with Gasteiger partial charge >= 0.3 is 0 Å². The number of primary amides is 1. The number of hydrogen-bond acceptors (Lipinski definition) is 1. The van der Waals surface area contributed by atoms with Crippen LogP contribution >= 0.6 is 11.6 Å². The van der Waals surface area contributed by atoms with Gasteiger partial charge in [-0.1, -0.05) is 17.7 Å². The second-order valence-corrected chi connectivity index (χ2v) is 1.85. The highest BCUT2D eigenvalue weighted by atomic mass is 35.5. The summed E-state index contributed by atoms with van der Waals surface area (Å²) in [6, 6.07) is 0. The van der Waals surface area contributed by atoms with Crippen LogP contribution in [0.2, 0.25) is 0 Å². The molecule has 0 fully saturated rings. The molecular weight excluding hydrogens is 138 g/mol. The molecule has 0 bridgehead atoms. The second kappa shape index (κ2) is 4.15. The van der Waals surface area contributed by atoms with Crippen molar-refractivity contribution in [2.24, 2.45) is 5.73 Å². The molecule has 0 radical (unpaired) electrons. The molecule has 50 valence electrons. The summed E-state index contributed by atoms with van der Waals surface area (Å²) < 4.78 is 0. The molecule has 3 heteroatoms. The van der Waals surface area contributed by atoms with E-state index in [9.17, 15) is 4.79 Å². The normalized spacial score (nSPS) is 12.4. The third-order valence-electron chi connectivity index (χ3n) is 0.683. The maximum Gasteiger partial charge on any atom is 0.241 e.